The average molecular weight is 509 g/mol. The van der Waals surface area contributed by atoms with Crippen LogP contribution >= 0.6 is 0 Å². The third-order valence-corrected chi connectivity index (χ3v) is 5.75. The Morgan fingerprint density at radius 3 is 1.32 bits per heavy atom. The molecule has 0 saturated heterocycles. The van der Waals surface area contributed by atoms with Gasteiger partial charge in [0.05, 0.1) is 46.3 Å². The highest BCUT2D eigenvalue weighted by Gasteiger charge is 2.20. The largest absolute Gasteiger partial charge is 0.438 e. The van der Waals surface area contributed by atoms with E-state index < -0.39 is 0 Å². The van der Waals surface area contributed by atoms with Crippen LogP contribution in [0, 0.1) is 13.8 Å². The number of rotatable bonds is 8. The molecule has 38 heavy (non-hydrogen) atoms. The van der Waals surface area contributed by atoms with Gasteiger partial charge in [-0.15, -0.1) is 0 Å². The van der Waals surface area contributed by atoms with E-state index in [4.69, 9.17) is 9.47 Å². The van der Waals surface area contributed by atoms with Crippen molar-refractivity contribution in [3.8, 4) is 34.6 Å². The number of para-hydroxylation sites is 2. The summed E-state index contributed by atoms with van der Waals surface area (Å²) >= 11 is 0. The summed E-state index contributed by atoms with van der Waals surface area (Å²) in [6, 6.07) is 26.1. The number of hydrogen-bond acceptors (Lipinski definition) is 8. The van der Waals surface area contributed by atoms with E-state index in [2.05, 4.69) is 20.5 Å². The molecule has 0 aliphatic carbocycles. The van der Waals surface area contributed by atoms with E-state index in [0.717, 1.165) is 11.4 Å². The zero-order valence-corrected chi connectivity index (χ0v) is 20.6. The number of oxime groups is 2. The van der Waals surface area contributed by atoms with Crippen molar-refractivity contribution < 1.29 is 19.9 Å². The van der Waals surface area contributed by atoms with E-state index in [9.17, 15) is 10.4 Å². The molecule has 0 spiro atoms. The maximum Gasteiger partial charge on any atom is 0.231 e. The SMILES string of the molecule is Cc1nn(-c2ccccc2)c(Oc2ccc(Oc3c(C=NO)c(C)nn3-c3ccccc3)cc2)c1C=NO. The van der Waals surface area contributed by atoms with E-state index in [0.29, 0.717) is 45.8 Å². The predicted octanol–water partition coefficient (Wildman–Crippen LogP) is 5.88. The van der Waals surface area contributed by atoms with Crippen LogP contribution in [0.2, 0.25) is 0 Å². The Morgan fingerprint density at radius 1 is 0.605 bits per heavy atom. The first-order chi connectivity index (χ1) is 18.6. The van der Waals surface area contributed by atoms with Gasteiger partial charge in [0.25, 0.3) is 0 Å². The minimum atomic E-state index is 0.402. The molecule has 5 aromatic rings. The van der Waals surface area contributed by atoms with Gasteiger partial charge in [-0.1, -0.05) is 46.7 Å². The second-order valence-corrected chi connectivity index (χ2v) is 8.27. The standard InChI is InChI=1S/C28H24N6O4/c1-19-25(17-29-35)27(33(31-19)21-9-5-3-6-10-21)37-23-13-15-24(16-14-23)38-28-26(18-30-36)20(2)32-34(28)22-11-7-4-8-12-22/h3-18,35-36H,1-2H3. The van der Waals surface area contributed by atoms with Gasteiger partial charge < -0.3 is 19.9 Å². The molecule has 10 nitrogen and oxygen atoms in total. The quantitative estimate of drug-likeness (QED) is 0.154. The van der Waals surface area contributed by atoms with Crippen molar-refractivity contribution >= 4 is 12.4 Å². The molecule has 190 valence electrons. The van der Waals surface area contributed by atoms with Crippen molar-refractivity contribution in [1.29, 1.82) is 0 Å². The number of aromatic nitrogens is 4. The molecular weight excluding hydrogens is 484 g/mol. The lowest BCUT2D eigenvalue weighted by atomic mass is 10.2. The smallest absolute Gasteiger partial charge is 0.231 e. The van der Waals surface area contributed by atoms with Gasteiger partial charge in [0.2, 0.25) is 11.8 Å². The van der Waals surface area contributed by atoms with Crippen molar-refractivity contribution in [3.05, 3.63) is 107 Å². The first kappa shape index (κ1) is 24.3. The topological polar surface area (TPSA) is 119 Å². The molecule has 0 bridgehead atoms. The highest BCUT2D eigenvalue weighted by atomic mass is 16.5. The summed E-state index contributed by atoms with van der Waals surface area (Å²) in [5, 5.41) is 33.9. The number of hydrogen-bond donors (Lipinski definition) is 2. The molecule has 2 N–H and O–H groups in total. The molecule has 0 atom stereocenters. The van der Waals surface area contributed by atoms with Gasteiger partial charge in [0, 0.05) is 0 Å². The Morgan fingerprint density at radius 2 is 0.974 bits per heavy atom. The fraction of sp³-hybridized carbons (Fsp3) is 0.0714. The van der Waals surface area contributed by atoms with Crippen LogP contribution in [0.1, 0.15) is 22.5 Å². The van der Waals surface area contributed by atoms with Crippen LogP contribution in [0.5, 0.6) is 23.3 Å². The van der Waals surface area contributed by atoms with Crippen molar-refractivity contribution in [1.82, 2.24) is 19.6 Å². The molecule has 5 rings (SSSR count). The summed E-state index contributed by atoms with van der Waals surface area (Å²) in [6.45, 7) is 3.62. The third kappa shape index (κ3) is 4.82. The van der Waals surface area contributed by atoms with Crippen molar-refractivity contribution in [2.45, 2.75) is 13.8 Å². The highest BCUT2D eigenvalue weighted by molar-refractivity contribution is 5.85. The Kier molecular flexibility index (Phi) is 6.85. The predicted molar refractivity (Wildman–Crippen MR) is 142 cm³/mol. The van der Waals surface area contributed by atoms with Crippen molar-refractivity contribution in [2.24, 2.45) is 10.3 Å². The van der Waals surface area contributed by atoms with Crippen molar-refractivity contribution in [2.75, 3.05) is 0 Å². The fourth-order valence-electron chi connectivity index (χ4n) is 3.93. The van der Waals surface area contributed by atoms with E-state index in [1.807, 2.05) is 74.5 Å². The van der Waals surface area contributed by atoms with Crippen molar-refractivity contribution in [3.63, 3.8) is 0 Å². The second-order valence-electron chi connectivity index (χ2n) is 8.27. The number of benzene rings is 3. The Hall–Kier alpha value is -5.38. The maximum atomic E-state index is 9.19. The molecule has 0 saturated carbocycles. The Bertz CT molecular complexity index is 1470. The molecule has 3 aromatic carbocycles. The van der Waals surface area contributed by atoms with Gasteiger partial charge in [0.1, 0.15) is 11.5 Å². The highest BCUT2D eigenvalue weighted by Crippen LogP contribution is 2.33. The molecule has 0 fully saturated rings. The maximum absolute atomic E-state index is 9.19. The third-order valence-electron chi connectivity index (χ3n) is 5.75. The van der Waals surface area contributed by atoms with Gasteiger partial charge in [-0.05, 0) is 62.4 Å². The Labute approximate surface area is 218 Å². The average Bonchev–Trinajstić information content (AvgIpc) is 3.42. The van der Waals surface area contributed by atoms with Crippen LogP contribution in [0.4, 0.5) is 0 Å². The molecule has 0 aliphatic heterocycles. The lowest BCUT2D eigenvalue weighted by Gasteiger charge is -2.12. The van der Waals surface area contributed by atoms with Crippen LogP contribution in [0.3, 0.4) is 0 Å². The van der Waals surface area contributed by atoms with Gasteiger partial charge in [-0.25, -0.2) is 0 Å². The van der Waals surface area contributed by atoms with Crippen LogP contribution in [-0.4, -0.2) is 42.4 Å². The lowest BCUT2D eigenvalue weighted by molar-refractivity contribution is 0.321. The van der Waals surface area contributed by atoms with E-state index in [-0.39, 0.29) is 0 Å². The molecule has 2 aromatic heterocycles. The minimum Gasteiger partial charge on any atom is -0.438 e. The molecule has 0 unspecified atom stereocenters. The summed E-state index contributed by atoms with van der Waals surface area (Å²) in [4.78, 5) is 0. The molecule has 10 heteroatoms. The Balaban J connectivity index is 1.46. The van der Waals surface area contributed by atoms with E-state index in [1.54, 1.807) is 33.6 Å². The summed E-state index contributed by atoms with van der Waals surface area (Å²) < 4.78 is 15.7. The normalized spacial score (nSPS) is 11.4. The van der Waals surface area contributed by atoms with E-state index in [1.165, 1.54) is 12.4 Å². The van der Waals surface area contributed by atoms with Gasteiger partial charge >= 0.3 is 0 Å². The summed E-state index contributed by atoms with van der Waals surface area (Å²) in [7, 11) is 0. The zero-order chi connectivity index (χ0) is 26.5. The number of aryl methyl sites for hydroxylation is 2. The van der Waals surface area contributed by atoms with Gasteiger partial charge in [-0.3, -0.25) is 0 Å². The first-order valence-corrected chi connectivity index (χ1v) is 11.7. The van der Waals surface area contributed by atoms with Crippen LogP contribution in [0.25, 0.3) is 11.4 Å². The summed E-state index contributed by atoms with van der Waals surface area (Å²) in [5.74, 6) is 1.85. The van der Waals surface area contributed by atoms with Crippen LogP contribution in [-0.2, 0) is 0 Å². The monoisotopic (exact) mass is 508 g/mol. The fourth-order valence-corrected chi connectivity index (χ4v) is 3.93. The second kappa shape index (κ2) is 10.7. The minimum absolute atomic E-state index is 0.402. The molecule has 0 radical (unpaired) electrons. The molecule has 2 heterocycles. The van der Waals surface area contributed by atoms with Gasteiger partial charge in [0.15, 0.2) is 0 Å². The molecular formula is C28H24N6O4. The zero-order valence-electron chi connectivity index (χ0n) is 20.6. The number of nitrogens with zero attached hydrogens (tertiary/aromatic N) is 6. The lowest BCUT2D eigenvalue weighted by Crippen LogP contribution is -2.01. The van der Waals surface area contributed by atoms with Crippen LogP contribution in [0.15, 0.2) is 95.2 Å². The van der Waals surface area contributed by atoms with Crippen LogP contribution < -0.4 is 9.47 Å². The van der Waals surface area contributed by atoms with E-state index >= 15 is 0 Å². The first-order valence-electron chi connectivity index (χ1n) is 11.7. The summed E-state index contributed by atoms with van der Waals surface area (Å²) in [6.07, 6.45) is 2.60. The molecule has 0 amide bonds. The number of ether oxygens (including phenoxy) is 2. The van der Waals surface area contributed by atoms with Gasteiger partial charge in [-0.2, -0.15) is 19.6 Å². The molecule has 0 aliphatic rings. The summed E-state index contributed by atoms with van der Waals surface area (Å²) in [5.41, 5.74) is 3.98.